The maximum Gasteiger partial charge on any atom is 0.254 e. The van der Waals surface area contributed by atoms with Gasteiger partial charge in [-0.2, -0.15) is 0 Å². The second-order valence-electron chi connectivity index (χ2n) is 4.66. The molecule has 1 heterocycles. The second kappa shape index (κ2) is 5.85. The van der Waals surface area contributed by atoms with Gasteiger partial charge in [-0.15, -0.1) is 0 Å². The number of benzene rings is 1. The van der Waals surface area contributed by atoms with E-state index >= 15 is 0 Å². The van der Waals surface area contributed by atoms with Crippen LogP contribution in [0.3, 0.4) is 0 Å². The first-order chi connectivity index (χ1) is 8.63. The molecule has 18 heavy (non-hydrogen) atoms. The number of carbonyl (C=O) groups excluding carboxylic acids is 1. The first-order valence-electron chi connectivity index (χ1n) is 6.20. The lowest BCUT2D eigenvalue weighted by atomic mass is 10.0. The smallest absolute Gasteiger partial charge is 0.254 e. The monoisotopic (exact) mass is 311 g/mol. The molecule has 0 N–H and O–H groups in total. The van der Waals surface area contributed by atoms with E-state index in [-0.39, 0.29) is 12.0 Å². The zero-order valence-electron chi connectivity index (χ0n) is 10.8. The van der Waals surface area contributed by atoms with Gasteiger partial charge in [0.2, 0.25) is 0 Å². The molecule has 0 spiro atoms. The fraction of sp³-hybridized carbons (Fsp3) is 0.500. The van der Waals surface area contributed by atoms with E-state index < -0.39 is 0 Å². The van der Waals surface area contributed by atoms with Gasteiger partial charge >= 0.3 is 0 Å². The summed E-state index contributed by atoms with van der Waals surface area (Å²) in [7, 11) is 1.71. The Morgan fingerprint density at radius 2 is 2.28 bits per heavy atom. The summed E-state index contributed by atoms with van der Waals surface area (Å²) in [6, 6.07) is 5.75. The van der Waals surface area contributed by atoms with Crippen LogP contribution in [0.15, 0.2) is 22.7 Å². The molecule has 1 fully saturated rings. The molecule has 4 heteroatoms. The molecule has 0 radical (unpaired) electrons. The van der Waals surface area contributed by atoms with E-state index in [1.165, 1.54) is 0 Å². The van der Waals surface area contributed by atoms with Gasteiger partial charge in [0.15, 0.2) is 0 Å². The summed E-state index contributed by atoms with van der Waals surface area (Å²) < 4.78 is 6.34. The van der Waals surface area contributed by atoms with Gasteiger partial charge in [-0.3, -0.25) is 4.79 Å². The minimum atomic E-state index is 0.107. The summed E-state index contributed by atoms with van der Waals surface area (Å²) in [6.45, 7) is 3.49. The molecule has 1 unspecified atom stereocenters. The number of likely N-dealkylation sites (tertiary alicyclic amines) is 1. The molecule has 0 aliphatic carbocycles. The summed E-state index contributed by atoms with van der Waals surface area (Å²) in [5.41, 5.74) is 1.78. The van der Waals surface area contributed by atoms with E-state index in [1.807, 2.05) is 30.0 Å². The van der Waals surface area contributed by atoms with Crippen LogP contribution in [-0.2, 0) is 4.74 Å². The Hall–Kier alpha value is -0.870. The van der Waals surface area contributed by atoms with Gasteiger partial charge in [0.25, 0.3) is 5.91 Å². The van der Waals surface area contributed by atoms with Crippen molar-refractivity contribution in [2.24, 2.45) is 0 Å². The molecule has 1 aliphatic rings. The summed E-state index contributed by atoms with van der Waals surface area (Å²) in [5, 5.41) is 0. The number of hydrogen-bond acceptors (Lipinski definition) is 2. The van der Waals surface area contributed by atoms with Crippen molar-refractivity contribution in [1.82, 2.24) is 4.90 Å². The fourth-order valence-corrected chi connectivity index (χ4v) is 2.69. The highest BCUT2D eigenvalue weighted by molar-refractivity contribution is 9.10. The minimum absolute atomic E-state index is 0.107. The van der Waals surface area contributed by atoms with Crippen LogP contribution >= 0.6 is 15.9 Å². The van der Waals surface area contributed by atoms with Gasteiger partial charge in [-0.25, -0.2) is 0 Å². The molecule has 1 atom stereocenters. The standard InChI is InChI=1S/C14H18BrNO2/c1-10-12(6-3-7-13(10)15)14(17)16-8-4-5-11(9-16)18-2/h3,6-7,11H,4-5,8-9H2,1-2H3. The Bertz CT molecular complexity index is 447. The lowest BCUT2D eigenvalue weighted by Gasteiger charge is -2.32. The maximum atomic E-state index is 12.5. The molecule has 1 aromatic rings. The molecule has 98 valence electrons. The second-order valence-corrected chi connectivity index (χ2v) is 5.52. The predicted octanol–water partition coefficient (Wildman–Crippen LogP) is 3.01. The average molecular weight is 312 g/mol. The highest BCUT2D eigenvalue weighted by Gasteiger charge is 2.25. The SMILES string of the molecule is COC1CCCN(C(=O)c2cccc(Br)c2C)C1. The minimum Gasteiger partial charge on any atom is -0.380 e. The topological polar surface area (TPSA) is 29.5 Å². The van der Waals surface area contributed by atoms with E-state index in [1.54, 1.807) is 7.11 Å². The van der Waals surface area contributed by atoms with Gasteiger partial charge in [0.1, 0.15) is 0 Å². The Morgan fingerprint density at radius 3 is 3.00 bits per heavy atom. The molecular formula is C14H18BrNO2. The Balaban J connectivity index is 2.18. The molecule has 1 aliphatic heterocycles. The summed E-state index contributed by atoms with van der Waals surface area (Å²) in [5.74, 6) is 0.107. The van der Waals surface area contributed by atoms with Crippen molar-refractivity contribution >= 4 is 21.8 Å². The van der Waals surface area contributed by atoms with Crippen LogP contribution in [0, 0.1) is 6.92 Å². The lowest BCUT2D eigenvalue weighted by molar-refractivity contribution is 0.0268. The Kier molecular flexibility index (Phi) is 4.40. The molecule has 3 nitrogen and oxygen atoms in total. The Labute approximate surface area is 116 Å². The maximum absolute atomic E-state index is 12.5. The number of halogens is 1. The van der Waals surface area contributed by atoms with Crippen molar-refractivity contribution in [3.8, 4) is 0 Å². The highest BCUT2D eigenvalue weighted by atomic mass is 79.9. The van der Waals surface area contributed by atoms with Crippen LogP contribution in [0.5, 0.6) is 0 Å². The van der Waals surface area contributed by atoms with Crippen LogP contribution < -0.4 is 0 Å². The largest absolute Gasteiger partial charge is 0.380 e. The van der Waals surface area contributed by atoms with E-state index in [0.717, 1.165) is 35.0 Å². The zero-order valence-corrected chi connectivity index (χ0v) is 12.4. The number of amides is 1. The van der Waals surface area contributed by atoms with Crippen LogP contribution in [-0.4, -0.2) is 37.1 Å². The lowest BCUT2D eigenvalue weighted by Crippen LogP contribution is -2.43. The normalized spacial score (nSPS) is 19.9. The van der Waals surface area contributed by atoms with Crippen molar-refractivity contribution < 1.29 is 9.53 Å². The van der Waals surface area contributed by atoms with Gasteiger partial charge in [-0.1, -0.05) is 22.0 Å². The first-order valence-corrected chi connectivity index (χ1v) is 7.00. The van der Waals surface area contributed by atoms with Crippen molar-refractivity contribution in [3.63, 3.8) is 0 Å². The van der Waals surface area contributed by atoms with Gasteiger partial charge in [-0.05, 0) is 37.5 Å². The van der Waals surface area contributed by atoms with E-state index in [9.17, 15) is 4.79 Å². The summed E-state index contributed by atoms with van der Waals surface area (Å²) >= 11 is 3.47. The van der Waals surface area contributed by atoms with Gasteiger partial charge in [0.05, 0.1) is 6.10 Å². The van der Waals surface area contributed by atoms with E-state index in [4.69, 9.17) is 4.74 Å². The fourth-order valence-electron chi connectivity index (χ4n) is 2.32. The van der Waals surface area contributed by atoms with Gasteiger partial charge < -0.3 is 9.64 Å². The van der Waals surface area contributed by atoms with Crippen molar-refractivity contribution in [2.45, 2.75) is 25.9 Å². The summed E-state index contributed by atoms with van der Waals surface area (Å²) in [4.78, 5) is 14.4. The predicted molar refractivity (Wildman–Crippen MR) is 74.8 cm³/mol. The molecule has 1 aromatic carbocycles. The van der Waals surface area contributed by atoms with Crippen LogP contribution in [0.4, 0.5) is 0 Å². The van der Waals surface area contributed by atoms with E-state index in [2.05, 4.69) is 15.9 Å². The third kappa shape index (κ3) is 2.75. The van der Waals surface area contributed by atoms with Crippen LogP contribution in [0.2, 0.25) is 0 Å². The third-order valence-electron chi connectivity index (χ3n) is 3.50. The van der Waals surface area contributed by atoms with Crippen molar-refractivity contribution in [1.29, 1.82) is 0 Å². The number of methoxy groups -OCH3 is 1. The van der Waals surface area contributed by atoms with Crippen molar-refractivity contribution in [3.05, 3.63) is 33.8 Å². The third-order valence-corrected chi connectivity index (χ3v) is 4.36. The number of hydrogen-bond donors (Lipinski definition) is 0. The number of carbonyl (C=O) groups is 1. The molecule has 0 bridgehead atoms. The summed E-state index contributed by atoms with van der Waals surface area (Å²) in [6.07, 6.45) is 2.23. The molecular weight excluding hydrogens is 294 g/mol. The number of nitrogens with zero attached hydrogens (tertiary/aromatic N) is 1. The Morgan fingerprint density at radius 1 is 1.50 bits per heavy atom. The van der Waals surface area contributed by atoms with E-state index in [0.29, 0.717) is 6.54 Å². The molecule has 1 amide bonds. The molecule has 0 saturated carbocycles. The van der Waals surface area contributed by atoms with Crippen LogP contribution in [0.25, 0.3) is 0 Å². The van der Waals surface area contributed by atoms with Crippen LogP contribution in [0.1, 0.15) is 28.8 Å². The molecule has 0 aromatic heterocycles. The highest BCUT2D eigenvalue weighted by Crippen LogP contribution is 2.22. The molecule has 1 saturated heterocycles. The average Bonchev–Trinajstić information content (AvgIpc) is 2.41. The molecule has 2 rings (SSSR count). The van der Waals surface area contributed by atoms with Crippen molar-refractivity contribution in [2.75, 3.05) is 20.2 Å². The number of rotatable bonds is 2. The first kappa shape index (κ1) is 13.6. The van der Waals surface area contributed by atoms with Gasteiger partial charge in [0, 0.05) is 30.2 Å². The number of piperidine rings is 1. The zero-order chi connectivity index (χ0) is 13.1. The number of ether oxygens (including phenoxy) is 1. The quantitative estimate of drug-likeness (QED) is 0.840.